The van der Waals surface area contributed by atoms with Crippen molar-refractivity contribution < 1.29 is 13.6 Å². The molecule has 0 amide bonds. The molecule has 0 aromatic rings. The van der Waals surface area contributed by atoms with Crippen LogP contribution >= 0.6 is 0 Å². The molecule has 0 saturated heterocycles. The maximum absolute atomic E-state index is 11.1. The van der Waals surface area contributed by atoms with Gasteiger partial charge in [0.05, 0.1) is 5.75 Å². The van der Waals surface area contributed by atoms with E-state index in [0.29, 0.717) is 6.42 Å². The zero-order valence-corrected chi connectivity index (χ0v) is 7.84. The molecular weight excluding hydrogens is 180 g/mol. The van der Waals surface area contributed by atoms with E-state index in [9.17, 15) is 8.42 Å². The first kappa shape index (κ1) is 11.2. The Morgan fingerprint density at radius 3 is 2.50 bits per heavy atom. The number of oxime groups is 1. The molecule has 0 fully saturated rings. The van der Waals surface area contributed by atoms with Gasteiger partial charge in [0.15, 0.2) is 9.84 Å². The van der Waals surface area contributed by atoms with Crippen LogP contribution in [-0.4, -0.2) is 31.0 Å². The van der Waals surface area contributed by atoms with Gasteiger partial charge in [-0.05, 0) is 6.42 Å². The van der Waals surface area contributed by atoms with E-state index in [-0.39, 0.29) is 23.8 Å². The number of nitrogens with zero attached hydrogens (tertiary/aromatic N) is 1. The summed E-state index contributed by atoms with van der Waals surface area (Å²) >= 11 is 0. The second-order valence-corrected chi connectivity index (χ2v) is 4.80. The largest absolute Gasteiger partial charge is 0.409 e. The van der Waals surface area contributed by atoms with Gasteiger partial charge >= 0.3 is 0 Å². The van der Waals surface area contributed by atoms with Gasteiger partial charge in [0.2, 0.25) is 0 Å². The Hall–Kier alpha value is -0.780. The smallest absolute Gasteiger partial charge is 0.150 e. The first-order valence-corrected chi connectivity index (χ1v) is 5.50. The predicted molar refractivity (Wildman–Crippen MR) is 47.0 cm³/mol. The van der Waals surface area contributed by atoms with Gasteiger partial charge in [-0.2, -0.15) is 0 Å². The summed E-state index contributed by atoms with van der Waals surface area (Å²) in [7, 11) is -3.01. The molecule has 0 aromatic carbocycles. The number of nitrogens with two attached hydrogens (primary N) is 1. The molecule has 3 N–H and O–H groups in total. The molecule has 0 aliphatic rings. The van der Waals surface area contributed by atoms with Gasteiger partial charge in [0.1, 0.15) is 5.84 Å². The Morgan fingerprint density at radius 2 is 2.08 bits per heavy atom. The van der Waals surface area contributed by atoms with Gasteiger partial charge in [0.25, 0.3) is 0 Å². The highest BCUT2D eigenvalue weighted by Crippen LogP contribution is 1.96. The molecule has 0 bridgehead atoms. The van der Waals surface area contributed by atoms with E-state index in [1.54, 1.807) is 6.92 Å². The SMILES string of the molecule is CCCS(=O)(=O)CCC(N)=NO. The van der Waals surface area contributed by atoms with Gasteiger partial charge < -0.3 is 10.9 Å². The fourth-order valence-corrected chi connectivity index (χ4v) is 2.07. The Bertz CT molecular complexity index is 246. The highest BCUT2D eigenvalue weighted by molar-refractivity contribution is 7.91. The van der Waals surface area contributed by atoms with Gasteiger partial charge in [-0.3, -0.25) is 0 Å². The molecule has 0 radical (unpaired) electrons. The van der Waals surface area contributed by atoms with Gasteiger partial charge in [-0.15, -0.1) is 0 Å². The maximum atomic E-state index is 11.1. The zero-order valence-electron chi connectivity index (χ0n) is 7.02. The van der Waals surface area contributed by atoms with Crippen molar-refractivity contribution in [1.29, 1.82) is 0 Å². The lowest BCUT2D eigenvalue weighted by Crippen LogP contribution is -2.19. The number of hydrogen-bond acceptors (Lipinski definition) is 4. The fraction of sp³-hybridized carbons (Fsp3) is 0.833. The third kappa shape index (κ3) is 4.95. The molecule has 0 spiro atoms. The fourth-order valence-electron chi connectivity index (χ4n) is 0.723. The monoisotopic (exact) mass is 194 g/mol. The number of sulfone groups is 1. The molecular formula is C6H14N2O3S. The standard InChI is InChI=1S/C6H14N2O3S/c1-2-4-12(10,11)5-3-6(7)8-9/h9H,2-5H2,1H3,(H2,7,8). The molecule has 72 valence electrons. The van der Waals surface area contributed by atoms with Crippen molar-refractivity contribution in [1.82, 2.24) is 0 Å². The summed E-state index contributed by atoms with van der Waals surface area (Å²) in [5, 5.41) is 10.8. The summed E-state index contributed by atoms with van der Waals surface area (Å²) in [4.78, 5) is 0. The average Bonchev–Trinajstić information content (AvgIpc) is 2.00. The summed E-state index contributed by atoms with van der Waals surface area (Å²) in [5.41, 5.74) is 5.11. The van der Waals surface area contributed by atoms with Crippen molar-refractivity contribution in [3.63, 3.8) is 0 Å². The first-order valence-electron chi connectivity index (χ1n) is 3.68. The van der Waals surface area contributed by atoms with Crippen molar-refractivity contribution in [3.05, 3.63) is 0 Å². The van der Waals surface area contributed by atoms with Gasteiger partial charge in [-0.1, -0.05) is 12.1 Å². The van der Waals surface area contributed by atoms with Crippen molar-refractivity contribution in [2.45, 2.75) is 19.8 Å². The Labute approximate surface area is 72.2 Å². The molecule has 6 heteroatoms. The minimum atomic E-state index is -3.01. The van der Waals surface area contributed by atoms with Crippen LogP contribution in [0.1, 0.15) is 19.8 Å². The van der Waals surface area contributed by atoms with E-state index < -0.39 is 9.84 Å². The molecule has 0 aliphatic heterocycles. The average molecular weight is 194 g/mol. The van der Waals surface area contributed by atoms with Crippen LogP contribution in [-0.2, 0) is 9.84 Å². The van der Waals surface area contributed by atoms with Crippen LogP contribution in [0.25, 0.3) is 0 Å². The van der Waals surface area contributed by atoms with Crippen LogP contribution in [0.15, 0.2) is 5.16 Å². The molecule has 12 heavy (non-hydrogen) atoms. The summed E-state index contributed by atoms with van der Waals surface area (Å²) in [6.45, 7) is 1.79. The minimum Gasteiger partial charge on any atom is -0.409 e. The maximum Gasteiger partial charge on any atom is 0.150 e. The third-order valence-corrected chi connectivity index (χ3v) is 3.17. The topological polar surface area (TPSA) is 92.8 Å². The molecule has 0 heterocycles. The van der Waals surface area contributed by atoms with Crippen LogP contribution in [0, 0.1) is 0 Å². The number of rotatable bonds is 5. The second-order valence-electron chi connectivity index (χ2n) is 2.49. The summed E-state index contributed by atoms with van der Waals surface area (Å²) in [5.74, 6) is 0.0669. The normalized spacial score (nSPS) is 13.2. The van der Waals surface area contributed by atoms with Crippen molar-refractivity contribution >= 4 is 15.7 Å². The van der Waals surface area contributed by atoms with Crippen LogP contribution in [0.5, 0.6) is 0 Å². The molecule has 0 aliphatic carbocycles. The summed E-state index contributed by atoms with van der Waals surface area (Å²) in [6.07, 6.45) is 0.692. The minimum absolute atomic E-state index is 0.0449. The van der Waals surface area contributed by atoms with Gasteiger partial charge in [-0.25, -0.2) is 8.42 Å². The number of hydrogen-bond donors (Lipinski definition) is 2. The quantitative estimate of drug-likeness (QED) is 0.278. The number of amidine groups is 1. The van der Waals surface area contributed by atoms with Crippen LogP contribution < -0.4 is 5.73 Å². The van der Waals surface area contributed by atoms with E-state index in [4.69, 9.17) is 10.9 Å². The highest BCUT2D eigenvalue weighted by atomic mass is 32.2. The Kier molecular flexibility index (Phi) is 4.65. The van der Waals surface area contributed by atoms with E-state index in [0.717, 1.165) is 0 Å². The van der Waals surface area contributed by atoms with Crippen molar-refractivity contribution in [2.24, 2.45) is 10.9 Å². The highest BCUT2D eigenvalue weighted by Gasteiger charge is 2.09. The third-order valence-electron chi connectivity index (χ3n) is 1.31. The van der Waals surface area contributed by atoms with Crippen molar-refractivity contribution in [3.8, 4) is 0 Å². The van der Waals surface area contributed by atoms with Crippen LogP contribution in [0.3, 0.4) is 0 Å². The predicted octanol–water partition coefficient (Wildman–Crippen LogP) is -0.0523. The zero-order chi connectivity index (χ0) is 9.61. The lowest BCUT2D eigenvalue weighted by atomic mass is 10.5. The van der Waals surface area contributed by atoms with Gasteiger partial charge in [0, 0.05) is 12.2 Å². The Morgan fingerprint density at radius 1 is 1.50 bits per heavy atom. The van der Waals surface area contributed by atoms with E-state index in [1.807, 2.05) is 0 Å². The molecule has 0 unspecified atom stereocenters. The molecule has 5 nitrogen and oxygen atoms in total. The molecule has 0 rings (SSSR count). The summed E-state index contributed by atoms with van der Waals surface area (Å²) in [6, 6.07) is 0. The van der Waals surface area contributed by atoms with Crippen molar-refractivity contribution in [2.75, 3.05) is 11.5 Å². The lowest BCUT2D eigenvalue weighted by Gasteiger charge is -2.00. The lowest BCUT2D eigenvalue weighted by molar-refractivity contribution is 0.317. The summed E-state index contributed by atoms with van der Waals surface area (Å²) < 4.78 is 22.1. The van der Waals surface area contributed by atoms with E-state index >= 15 is 0 Å². The molecule has 0 saturated carbocycles. The second kappa shape index (κ2) is 4.97. The van der Waals surface area contributed by atoms with E-state index in [1.165, 1.54) is 0 Å². The molecule has 0 aromatic heterocycles. The van der Waals surface area contributed by atoms with E-state index in [2.05, 4.69) is 5.16 Å². The Balaban J connectivity index is 3.93. The van der Waals surface area contributed by atoms with Crippen LogP contribution in [0.4, 0.5) is 0 Å². The first-order chi connectivity index (χ1) is 5.52. The van der Waals surface area contributed by atoms with Crippen LogP contribution in [0.2, 0.25) is 0 Å². The molecule has 0 atom stereocenters.